The number of carbonyl (C=O) groups is 1. The van der Waals surface area contributed by atoms with E-state index in [2.05, 4.69) is 41.8 Å². The lowest BCUT2D eigenvalue weighted by Gasteiger charge is -2.16. The Kier molecular flexibility index (Phi) is 7.47. The van der Waals surface area contributed by atoms with Crippen LogP contribution in [0.4, 0.5) is 0 Å². The van der Waals surface area contributed by atoms with Crippen molar-refractivity contribution >= 4 is 16.7 Å². The predicted molar refractivity (Wildman–Crippen MR) is 116 cm³/mol. The molecule has 0 heterocycles. The second kappa shape index (κ2) is 10.5. The van der Waals surface area contributed by atoms with Crippen LogP contribution < -0.4 is 20.1 Å². The molecule has 0 aliphatic rings. The van der Waals surface area contributed by atoms with Gasteiger partial charge in [-0.1, -0.05) is 42.5 Å². The molecule has 0 aliphatic carbocycles. The van der Waals surface area contributed by atoms with Crippen LogP contribution in [0.5, 0.6) is 11.5 Å². The highest BCUT2D eigenvalue weighted by molar-refractivity contribution is 5.86. The highest BCUT2D eigenvalue weighted by Gasteiger charge is 2.10. The van der Waals surface area contributed by atoms with Crippen LogP contribution in [0.2, 0.25) is 0 Å². The van der Waals surface area contributed by atoms with Gasteiger partial charge in [-0.05, 0) is 54.4 Å². The SMILES string of the molecule is CCOc1ccc(OCCNC(=O)CN[C@@H](C)c2cccc3ccccc23)cc1. The highest BCUT2D eigenvalue weighted by atomic mass is 16.5. The molecule has 0 radical (unpaired) electrons. The molecular weight excluding hydrogens is 364 g/mol. The Balaban J connectivity index is 1.39. The Morgan fingerprint density at radius 2 is 1.62 bits per heavy atom. The summed E-state index contributed by atoms with van der Waals surface area (Å²) in [5.41, 5.74) is 1.19. The largest absolute Gasteiger partial charge is 0.494 e. The number of rotatable bonds is 10. The number of carbonyl (C=O) groups excluding carboxylic acids is 1. The minimum absolute atomic E-state index is 0.0487. The quantitative estimate of drug-likeness (QED) is 0.511. The smallest absolute Gasteiger partial charge is 0.234 e. The maximum atomic E-state index is 12.1. The first kappa shape index (κ1) is 20.7. The monoisotopic (exact) mass is 392 g/mol. The van der Waals surface area contributed by atoms with E-state index in [1.807, 2.05) is 49.4 Å². The van der Waals surface area contributed by atoms with Gasteiger partial charge in [0.25, 0.3) is 0 Å². The second-order valence-electron chi connectivity index (χ2n) is 6.77. The number of hydrogen-bond donors (Lipinski definition) is 2. The Hall–Kier alpha value is -3.05. The molecule has 1 atom stereocenters. The van der Waals surface area contributed by atoms with Crippen molar-refractivity contribution < 1.29 is 14.3 Å². The van der Waals surface area contributed by atoms with E-state index in [0.717, 1.165) is 11.5 Å². The topological polar surface area (TPSA) is 59.6 Å². The molecule has 0 unspecified atom stereocenters. The van der Waals surface area contributed by atoms with Crippen molar-refractivity contribution in [2.24, 2.45) is 0 Å². The van der Waals surface area contributed by atoms with Gasteiger partial charge in [-0.3, -0.25) is 4.79 Å². The van der Waals surface area contributed by atoms with Crippen molar-refractivity contribution in [3.8, 4) is 11.5 Å². The normalized spacial score (nSPS) is 11.8. The Morgan fingerprint density at radius 3 is 2.38 bits per heavy atom. The van der Waals surface area contributed by atoms with Crippen LogP contribution in [0.1, 0.15) is 25.5 Å². The summed E-state index contributed by atoms with van der Waals surface area (Å²) in [6.07, 6.45) is 0. The molecular formula is C24H28N2O3. The molecule has 1 amide bonds. The van der Waals surface area contributed by atoms with Crippen molar-refractivity contribution in [2.75, 3.05) is 26.3 Å². The molecule has 0 saturated carbocycles. The van der Waals surface area contributed by atoms with E-state index in [-0.39, 0.29) is 18.5 Å². The number of ether oxygens (including phenoxy) is 2. The summed E-state index contributed by atoms with van der Waals surface area (Å²) in [4.78, 5) is 12.1. The van der Waals surface area contributed by atoms with Gasteiger partial charge in [0.1, 0.15) is 18.1 Å². The fraction of sp³-hybridized carbons (Fsp3) is 0.292. The maximum absolute atomic E-state index is 12.1. The first-order valence-electron chi connectivity index (χ1n) is 10.0. The van der Waals surface area contributed by atoms with Crippen LogP contribution in [0.15, 0.2) is 66.7 Å². The molecule has 0 spiro atoms. The molecule has 0 aromatic heterocycles. The van der Waals surface area contributed by atoms with Crippen molar-refractivity contribution in [1.82, 2.24) is 10.6 Å². The summed E-state index contributed by atoms with van der Waals surface area (Å²) in [5, 5.41) is 8.59. The summed E-state index contributed by atoms with van der Waals surface area (Å²) in [6, 6.07) is 22.1. The molecule has 152 valence electrons. The fourth-order valence-corrected chi connectivity index (χ4v) is 3.20. The molecule has 3 rings (SSSR count). The summed E-state index contributed by atoms with van der Waals surface area (Å²) in [5.74, 6) is 1.53. The summed E-state index contributed by atoms with van der Waals surface area (Å²) in [7, 11) is 0. The number of nitrogens with one attached hydrogen (secondary N) is 2. The van der Waals surface area contributed by atoms with E-state index in [9.17, 15) is 4.79 Å². The minimum atomic E-state index is -0.0487. The summed E-state index contributed by atoms with van der Waals surface area (Å²) >= 11 is 0. The molecule has 3 aromatic carbocycles. The lowest BCUT2D eigenvalue weighted by atomic mass is 10.00. The van der Waals surface area contributed by atoms with Gasteiger partial charge in [-0.15, -0.1) is 0 Å². The first-order valence-corrected chi connectivity index (χ1v) is 10.0. The van der Waals surface area contributed by atoms with Gasteiger partial charge < -0.3 is 20.1 Å². The molecule has 3 aromatic rings. The van der Waals surface area contributed by atoms with Gasteiger partial charge >= 0.3 is 0 Å². The Labute approximate surface area is 172 Å². The lowest BCUT2D eigenvalue weighted by molar-refractivity contribution is -0.120. The van der Waals surface area contributed by atoms with E-state index >= 15 is 0 Å². The summed E-state index contributed by atoms with van der Waals surface area (Å²) in [6.45, 7) is 5.79. The third kappa shape index (κ3) is 5.96. The number of hydrogen-bond acceptors (Lipinski definition) is 4. The molecule has 0 bridgehead atoms. The zero-order valence-corrected chi connectivity index (χ0v) is 17.0. The summed E-state index contributed by atoms with van der Waals surface area (Å²) < 4.78 is 11.0. The number of fused-ring (bicyclic) bond motifs is 1. The van der Waals surface area contributed by atoms with Crippen molar-refractivity contribution in [3.63, 3.8) is 0 Å². The van der Waals surface area contributed by atoms with Gasteiger partial charge in [0.2, 0.25) is 5.91 Å². The maximum Gasteiger partial charge on any atom is 0.234 e. The van der Waals surface area contributed by atoms with Crippen molar-refractivity contribution in [1.29, 1.82) is 0 Å². The molecule has 5 nitrogen and oxygen atoms in total. The van der Waals surface area contributed by atoms with Crippen LogP contribution in [0.25, 0.3) is 10.8 Å². The zero-order chi connectivity index (χ0) is 20.5. The van der Waals surface area contributed by atoms with E-state index in [1.165, 1.54) is 16.3 Å². The van der Waals surface area contributed by atoms with E-state index in [0.29, 0.717) is 19.8 Å². The van der Waals surface area contributed by atoms with Gasteiger partial charge in [0, 0.05) is 6.04 Å². The predicted octanol–water partition coefficient (Wildman–Crippen LogP) is 4.08. The highest BCUT2D eigenvalue weighted by Crippen LogP contribution is 2.23. The molecule has 29 heavy (non-hydrogen) atoms. The van der Waals surface area contributed by atoms with Crippen molar-refractivity contribution in [3.05, 3.63) is 72.3 Å². The molecule has 0 saturated heterocycles. The molecule has 0 aliphatic heterocycles. The standard InChI is InChI=1S/C24H28N2O3/c1-3-28-20-11-13-21(14-12-20)29-16-15-25-24(27)17-26-18(2)22-10-6-8-19-7-4-5-9-23(19)22/h4-14,18,26H,3,15-17H2,1-2H3,(H,25,27)/t18-/m0/s1. The zero-order valence-electron chi connectivity index (χ0n) is 17.0. The molecule has 5 heteroatoms. The Bertz CT molecular complexity index is 920. The van der Waals surface area contributed by atoms with E-state index in [1.54, 1.807) is 0 Å². The van der Waals surface area contributed by atoms with Gasteiger partial charge in [-0.25, -0.2) is 0 Å². The van der Waals surface area contributed by atoms with Gasteiger partial charge in [0.05, 0.1) is 19.7 Å². The van der Waals surface area contributed by atoms with E-state index in [4.69, 9.17) is 9.47 Å². The third-order valence-corrected chi connectivity index (χ3v) is 4.69. The lowest BCUT2D eigenvalue weighted by Crippen LogP contribution is -2.37. The minimum Gasteiger partial charge on any atom is -0.494 e. The Morgan fingerprint density at radius 1 is 0.931 bits per heavy atom. The van der Waals surface area contributed by atoms with E-state index < -0.39 is 0 Å². The average Bonchev–Trinajstić information content (AvgIpc) is 2.76. The number of amides is 1. The van der Waals surface area contributed by atoms with Gasteiger partial charge in [-0.2, -0.15) is 0 Å². The van der Waals surface area contributed by atoms with Crippen LogP contribution in [-0.4, -0.2) is 32.2 Å². The molecule has 2 N–H and O–H groups in total. The van der Waals surface area contributed by atoms with Crippen LogP contribution in [0, 0.1) is 0 Å². The second-order valence-corrected chi connectivity index (χ2v) is 6.77. The molecule has 0 fully saturated rings. The first-order chi connectivity index (χ1) is 14.2. The third-order valence-electron chi connectivity index (χ3n) is 4.69. The van der Waals surface area contributed by atoms with Crippen LogP contribution >= 0.6 is 0 Å². The number of benzene rings is 3. The van der Waals surface area contributed by atoms with Gasteiger partial charge in [0.15, 0.2) is 0 Å². The van der Waals surface area contributed by atoms with Crippen LogP contribution in [0.3, 0.4) is 0 Å². The van der Waals surface area contributed by atoms with Crippen LogP contribution in [-0.2, 0) is 4.79 Å². The average molecular weight is 392 g/mol. The van der Waals surface area contributed by atoms with Crippen molar-refractivity contribution in [2.45, 2.75) is 19.9 Å². The fourth-order valence-electron chi connectivity index (χ4n) is 3.20.